The van der Waals surface area contributed by atoms with Gasteiger partial charge >= 0.3 is 0 Å². The van der Waals surface area contributed by atoms with Crippen LogP contribution in [0.1, 0.15) is 12.0 Å². The Labute approximate surface area is 87.9 Å². The first-order valence-electron chi connectivity index (χ1n) is 4.75. The lowest BCUT2D eigenvalue weighted by Crippen LogP contribution is -2.19. The van der Waals surface area contributed by atoms with Crippen LogP contribution in [0.5, 0.6) is 0 Å². The van der Waals surface area contributed by atoms with Crippen LogP contribution in [0.3, 0.4) is 0 Å². The van der Waals surface area contributed by atoms with Crippen molar-refractivity contribution in [2.45, 2.75) is 17.8 Å². The molecule has 13 heavy (non-hydrogen) atoms. The van der Waals surface area contributed by atoms with E-state index in [1.807, 2.05) is 0 Å². The van der Waals surface area contributed by atoms with E-state index in [0.29, 0.717) is 4.83 Å². The van der Waals surface area contributed by atoms with Gasteiger partial charge in [-0.15, -0.1) is 0 Å². The van der Waals surface area contributed by atoms with Gasteiger partial charge in [-0.25, -0.2) is 0 Å². The van der Waals surface area contributed by atoms with Crippen LogP contribution in [0.25, 0.3) is 0 Å². The molecule has 0 spiro atoms. The zero-order chi connectivity index (χ0) is 9.10. The topological polar surface area (TPSA) is 3.24 Å². The molecular formula is C11H14BrN. The average Bonchev–Trinajstić information content (AvgIpc) is 2.53. The fraction of sp³-hybridized carbons (Fsp3) is 0.455. The second kappa shape index (κ2) is 4.25. The maximum absolute atomic E-state index is 3.65. The molecule has 70 valence electrons. The van der Waals surface area contributed by atoms with Crippen LogP contribution in [-0.2, 0) is 6.54 Å². The molecule has 1 aliphatic rings. The molecule has 1 heterocycles. The second-order valence-electron chi connectivity index (χ2n) is 3.61. The predicted molar refractivity (Wildman–Crippen MR) is 59.1 cm³/mol. The molecule has 0 aliphatic carbocycles. The molecule has 0 radical (unpaired) electrons. The van der Waals surface area contributed by atoms with E-state index in [4.69, 9.17) is 0 Å². The van der Waals surface area contributed by atoms with Crippen LogP contribution in [0.2, 0.25) is 0 Å². The largest absolute Gasteiger partial charge is 0.298 e. The maximum atomic E-state index is 3.65. The van der Waals surface area contributed by atoms with Crippen molar-refractivity contribution in [1.82, 2.24) is 4.90 Å². The standard InChI is InChI=1S/C11H14BrN/c12-11-6-7-13(9-11)8-10-4-2-1-3-5-10/h1-5,11H,6-9H2/t11-/m0/s1. The van der Waals surface area contributed by atoms with Crippen LogP contribution >= 0.6 is 15.9 Å². The summed E-state index contributed by atoms with van der Waals surface area (Å²) in [6.07, 6.45) is 1.28. The Morgan fingerprint density at radius 3 is 2.69 bits per heavy atom. The van der Waals surface area contributed by atoms with Crippen LogP contribution in [-0.4, -0.2) is 22.8 Å². The van der Waals surface area contributed by atoms with Crippen molar-refractivity contribution < 1.29 is 0 Å². The van der Waals surface area contributed by atoms with Crippen molar-refractivity contribution in [3.05, 3.63) is 35.9 Å². The normalized spacial score (nSPS) is 23.6. The van der Waals surface area contributed by atoms with Crippen LogP contribution in [0, 0.1) is 0 Å². The summed E-state index contributed by atoms with van der Waals surface area (Å²) in [6, 6.07) is 10.7. The average molecular weight is 240 g/mol. The minimum atomic E-state index is 0.705. The van der Waals surface area contributed by atoms with Crippen LogP contribution < -0.4 is 0 Å². The van der Waals surface area contributed by atoms with E-state index < -0.39 is 0 Å². The molecule has 0 saturated carbocycles. The number of nitrogens with zero attached hydrogens (tertiary/aromatic N) is 1. The Kier molecular flexibility index (Phi) is 3.01. The number of hydrogen-bond donors (Lipinski definition) is 0. The molecule has 1 aromatic carbocycles. The van der Waals surface area contributed by atoms with E-state index in [1.54, 1.807) is 0 Å². The first kappa shape index (κ1) is 9.22. The van der Waals surface area contributed by atoms with E-state index in [9.17, 15) is 0 Å². The molecule has 0 amide bonds. The molecule has 1 aromatic rings. The molecular weight excluding hydrogens is 226 g/mol. The highest BCUT2D eigenvalue weighted by molar-refractivity contribution is 9.09. The van der Waals surface area contributed by atoms with E-state index in [-0.39, 0.29) is 0 Å². The molecule has 0 N–H and O–H groups in total. The fourth-order valence-corrected chi connectivity index (χ4v) is 2.38. The Bertz CT molecular complexity index is 260. The highest BCUT2D eigenvalue weighted by Gasteiger charge is 2.19. The number of hydrogen-bond acceptors (Lipinski definition) is 1. The summed E-state index contributed by atoms with van der Waals surface area (Å²) < 4.78 is 0. The Balaban J connectivity index is 1.92. The molecule has 2 heteroatoms. The van der Waals surface area contributed by atoms with Crippen molar-refractivity contribution in [3.8, 4) is 0 Å². The third-order valence-corrected chi connectivity index (χ3v) is 3.21. The van der Waals surface area contributed by atoms with Gasteiger partial charge in [0.1, 0.15) is 0 Å². The minimum absolute atomic E-state index is 0.705. The molecule has 1 fully saturated rings. The van der Waals surface area contributed by atoms with Crippen LogP contribution in [0.4, 0.5) is 0 Å². The quantitative estimate of drug-likeness (QED) is 0.718. The van der Waals surface area contributed by atoms with Gasteiger partial charge < -0.3 is 0 Å². The zero-order valence-electron chi connectivity index (χ0n) is 7.62. The number of likely N-dealkylation sites (tertiary alicyclic amines) is 1. The lowest BCUT2D eigenvalue weighted by Gasteiger charge is -2.14. The first-order valence-corrected chi connectivity index (χ1v) is 5.66. The van der Waals surface area contributed by atoms with Crippen molar-refractivity contribution in [1.29, 1.82) is 0 Å². The Morgan fingerprint density at radius 1 is 1.31 bits per heavy atom. The molecule has 0 unspecified atom stereocenters. The van der Waals surface area contributed by atoms with Gasteiger partial charge in [-0.3, -0.25) is 4.90 Å². The van der Waals surface area contributed by atoms with Gasteiger partial charge in [-0.2, -0.15) is 0 Å². The summed E-state index contributed by atoms with van der Waals surface area (Å²) in [7, 11) is 0. The number of halogens is 1. The molecule has 1 saturated heterocycles. The van der Waals surface area contributed by atoms with Gasteiger partial charge in [0.05, 0.1) is 0 Å². The van der Waals surface area contributed by atoms with Gasteiger partial charge in [0.2, 0.25) is 0 Å². The van der Waals surface area contributed by atoms with Crippen molar-refractivity contribution in [2.75, 3.05) is 13.1 Å². The van der Waals surface area contributed by atoms with Gasteiger partial charge in [-0.1, -0.05) is 46.3 Å². The Hall–Kier alpha value is -0.340. The molecule has 2 rings (SSSR count). The third kappa shape index (κ3) is 2.55. The van der Waals surface area contributed by atoms with Gasteiger partial charge in [0.25, 0.3) is 0 Å². The molecule has 0 aromatic heterocycles. The molecule has 1 nitrogen and oxygen atoms in total. The van der Waals surface area contributed by atoms with E-state index >= 15 is 0 Å². The maximum Gasteiger partial charge on any atom is 0.0285 e. The minimum Gasteiger partial charge on any atom is -0.298 e. The van der Waals surface area contributed by atoms with E-state index in [0.717, 1.165) is 6.54 Å². The van der Waals surface area contributed by atoms with Crippen LogP contribution in [0.15, 0.2) is 30.3 Å². The number of rotatable bonds is 2. The lowest BCUT2D eigenvalue weighted by atomic mass is 10.2. The summed E-state index contributed by atoms with van der Waals surface area (Å²) in [5, 5.41) is 0. The molecule has 1 atom stereocenters. The zero-order valence-corrected chi connectivity index (χ0v) is 9.20. The Morgan fingerprint density at radius 2 is 2.08 bits per heavy atom. The molecule has 0 bridgehead atoms. The third-order valence-electron chi connectivity index (χ3n) is 2.46. The lowest BCUT2D eigenvalue weighted by molar-refractivity contribution is 0.332. The van der Waals surface area contributed by atoms with Crippen molar-refractivity contribution in [3.63, 3.8) is 0 Å². The van der Waals surface area contributed by atoms with Gasteiger partial charge in [0.15, 0.2) is 0 Å². The summed E-state index contributed by atoms with van der Waals surface area (Å²) in [6.45, 7) is 3.52. The monoisotopic (exact) mass is 239 g/mol. The summed E-state index contributed by atoms with van der Waals surface area (Å²) in [5.41, 5.74) is 1.42. The van der Waals surface area contributed by atoms with Crippen molar-refractivity contribution in [2.24, 2.45) is 0 Å². The fourth-order valence-electron chi connectivity index (χ4n) is 1.77. The van der Waals surface area contributed by atoms with Crippen molar-refractivity contribution >= 4 is 15.9 Å². The number of alkyl halides is 1. The molecule has 1 aliphatic heterocycles. The van der Waals surface area contributed by atoms with Gasteiger partial charge in [0, 0.05) is 17.9 Å². The smallest absolute Gasteiger partial charge is 0.0285 e. The SMILES string of the molecule is Br[C@H]1CCN(Cc2ccccc2)C1. The summed E-state index contributed by atoms with van der Waals surface area (Å²) >= 11 is 3.65. The van der Waals surface area contributed by atoms with E-state index in [1.165, 1.54) is 25.1 Å². The summed E-state index contributed by atoms with van der Waals surface area (Å²) in [5.74, 6) is 0. The number of benzene rings is 1. The predicted octanol–water partition coefficient (Wildman–Crippen LogP) is 2.66. The second-order valence-corrected chi connectivity index (χ2v) is 4.90. The van der Waals surface area contributed by atoms with E-state index in [2.05, 4.69) is 51.2 Å². The highest BCUT2D eigenvalue weighted by atomic mass is 79.9. The van der Waals surface area contributed by atoms with Gasteiger partial charge in [-0.05, 0) is 18.5 Å². The summed E-state index contributed by atoms with van der Waals surface area (Å²) in [4.78, 5) is 3.20. The highest BCUT2D eigenvalue weighted by Crippen LogP contribution is 2.18. The first-order chi connectivity index (χ1) is 6.34.